The standard InChI is InChI=1S/C21H27ClN8O4S/c1-12(2)30-11-15(16-7-9-24-20(27-16)25-10-13(3)26-21(31)34-4)18(28-30)14-6-8-23-19(17(14)22)29-35(5,32)33/h6-9,11-13H,10H2,1-5H3,(H3,23,24,25,26,27,29,31)/p+1/t13-/m0/s1. The number of carbonyl (C=O) groups excluding carboxylic acids is 1. The summed E-state index contributed by atoms with van der Waals surface area (Å²) in [6.07, 6.45) is 5.49. The van der Waals surface area contributed by atoms with Gasteiger partial charge in [0.1, 0.15) is 5.69 Å². The van der Waals surface area contributed by atoms with E-state index in [1.165, 1.54) is 13.3 Å². The molecule has 0 saturated heterocycles. The molecule has 0 fully saturated rings. The average molecular weight is 524 g/mol. The third-order valence-electron chi connectivity index (χ3n) is 4.82. The van der Waals surface area contributed by atoms with Crippen LogP contribution < -0.4 is 20.0 Å². The van der Waals surface area contributed by atoms with Crippen LogP contribution in [-0.2, 0) is 14.8 Å². The first-order chi connectivity index (χ1) is 16.5. The summed E-state index contributed by atoms with van der Waals surface area (Å²) in [4.78, 5) is 24.3. The first kappa shape index (κ1) is 26.2. The Labute approximate surface area is 208 Å². The van der Waals surface area contributed by atoms with Gasteiger partial charge in [-0.3, -0.25) is 4.72 Å². The first-order valence-corrected chi connectivity index (χ1v) is 12.9. The molecule has 0 spiro atoms. The largest absolute Gasteiger partial charge is 0.453 e. The Morgan fingerprint density at radius 3 is 2.57 bits per heavy atom. The van der Waals surface area contributed by atoms with E-state index in [9.17, 15) is 13.2 Å². The third kappa shape index (κ3) is 6.79. The first-order valence-electron chi connectivity index (χ1n) is 10.7. The maximum absolute atomic E-state index is 11.7. The highest BCUT2D eigenvalue weighted by Gasteiger charge is 2.24. The molecule has 0 saturated carbocycles. The van der Waals surface area contributed by atoms with Crippen LogP contribution in [0.15, 0.2) is 30.7 Å². The van der Waals surface area contributed by atoms with Crippen molar-refractivity contribution in [2.45, 2.75) is 32.9 Å². The highest BCUT2D eigenvalue weighted by Crippen LogP contribution is 2.36. The molecule has 3 aromatic heterocycles. The van der Waals surface area contributed by atoms with E-state index in [0.29, 0.717) is 29.4 Å². The quantitative estimate of drug-likeness (QED) is 0.312. The van der Waals surface area contributed by atoms with Gasteiger partial charge in [0, 0.05) is 30.5 Å². The Balaban J connectivity index is 1.98. The van der Waals surface area contributed by atoms with Crippen molar-refractivity contribution < 1.29 is 22.6 Å². The Hall–Kier alpha value is -3.45. The van der Waals surface area contributed by atoms with Crippen LogP contribution in [0.25, 0.3) is 22.5 Å². The molecule has 0 unspecified atom stereocenters. The third-order valence-corrected chi connectivity index (χ3v) is 5.77. The lowest BCUT2D eigenvalue weighted by atomic mass is 10.1. The van der Waals surface area contributed by atoms with Crippen LogP contribution in [0.4, 0.5) is 16.6 Å². The van der Waals surface area contributed by atoms with E-state index in [2.05, 4.69) is 40.1 Å². The fraction of sp³-hybridized carbons (Fsp3) is 0.381. The van der Waals surface area contributed by atoms with Gasteiger partial charge in [-0.1, -0.05) is 11.6 Å². The number of nitrogens with one attached hydrogen (secondary N) is 4. The van der Waals surface area contributed by atoms with Gasteiger partial charge in [-0.25, -0.2) is 28.2 Å². The normalized spacial score (nSPS) is 12.3. The van der Waals surface area contributed by atoms with Gasteiger partial charge in [0.2, 0.25) is 22.2 Å². The van der Waals surface area contributed by atoms with Crippen molar-refractivity contribution >= 4 is 39.5 Å². The van der Waals surface area contributed by atoms with Crippen LogP contribution in [0.1, 0.15) is 26.8 Å². The number of nitrogens with zero attached hydrogens (tertiary/aromatic N) is 4. The molecule has 0 aliphatic rings. The number of hydrogen-bond acceptors (Lipinski definition) is 8. The fourth-order valence-electron chi connectivity index (χ4n) is 3.14. The van der Waals surface area contributed by atoms with Gasteiger partial charge in [0.25, 0.3) is 0 Å². The number of halogens is 1. The van der Waals surface area contributed by atoms with Crippen LogP contribution in [0, 0.1) is 0 Å². The second-order valence-electron chi connectivity index (χ2n) is 8.11. The predicted molar refractivity (Wildman–Crippen MR) is 133 cm³/mol. The fourth-order valence-corrected chi connectivity index (χ4v) is 3.95. The van der Waals surface area contributed by atoms with E-state index >= 15 is 0 Å². The summed E-state index contributed by atoms with van der Waals surface area (Å²) in [5.41, 5.74) is 2.51. The smallest absolute Gasteiger partial charge is 0.407 e. The number of aromatic amines is 1. The molecule has 1 amide bonds. The lowest BCUT2D eigenvalue weighted by Crippen LogP contribution is -2.37. The van der Waals surface area contributed by atoms with Gasteiger partial charge in [0.05, 0.1) is 29.6 Å². The monoisotopic (exact) mass is 523 g/mol. The van der Waals surface area contributed by atoms with Gasteiger partial charge < -0.3 is 15.4 Å². The molecule has 0 aromatic carbocycles. The summed E-state index contributed by atoms with van der Waals surface area (Å²) in [6, 6.07) is 3.32. The van der Waals surface area contributed by atoms with Crippen molar-refractivity contribution in [3.05, 3.63) is 35.7 Å². The molecule has 3 heterocycles. The lowest BCUT2D eigenvalue weighted by Gasteiger charge is -2.14. The Morgan fingerprint density at radius 2 is 1.91 bits per heavy atom. The van der Waals surface area contributed by atoms with Crippen molar-refractivity contribution in [3.63, 3.8) is 0 Å². The number of alkyl carbamates (subject to hydrolysis) is 1. The molecule has 14 heteroatoms. The number of aromatic nitrogens is 5. The topological polar surface area (TPSA) is 155 Å². The van der Waals surface area contributed by atoms with Gasteiger partial charge in [-0.15, -0.1) is 4.68 Å². The Kier molecular flexibility index (Phi) is 8.12. The minimum Gasteiger partial charge on any atom is -0.453 e. The van der Waals surface area contributed by atoms with Crippen molar-refractivity contribution in [2.75, 3.05) is 29.9 Å². The summed E-state index contributed by atoms with van der Waals surface area (Å²) in [6.45, 7) is 6.22. The van der Waals surface area contributed by atoms with Crippen LogP contribution in [-0.4, -0.2) is 60.5 Å². The van der Waals surface area contributed by atoms with Crippen molar-refractivity contribution in [2.24, 2.45) is 0 Å². The maximum Gasteiger partial charge on any atom is 0.407 e. The summed E-state index contributed by atoms with van der Waals surface area (Å²) < 4.78 is 32.3. The van der Waals surface area contributed by atoms with Crippen molar-refractivity contribution in [1.82, 2.24) is 25.4 Å². The molecule has 0 aliphatic carbocycles. The summed E-state index contributed by atoms with van der Waals surface area (Å²) >= 11 is 6.56. The molecular weight excluding hydrogens is 496 g/mol. The van der Waals surface area contributed by atoms with Crippen LogP contribution in [0.2, 0.25) is 5.02 Å². The molecule has 35 heavy (non-hydrogen) atoms. The Morgan fingerprint density at radius 1 is 1.20 bits per heavy atom. The number of pyridine rings is 1. The van der Waals surface area contributed by atoms with E-state index in [1.807, 2.05) is 31.6 Å². The zero-order chi connectivity index (χ0) is 25.8. The minimum absolute atomic E-state index is 0.0282. The van der Waals surface area contributed by atoms with E-state index in [1.54, 1.807) is 18.3 Å². The number of rotatable bonds is 9. The molecule has 12 nitrogen and oxygen atoms in total. The summed E-state index contributed by atoms with van der Waals surface area (Å²) in [5, 5.41) is 9.22. The van der Waals surface area contributed by atoms with E-state index in [-0.39, 0.29) is 22.9 Å². The predicted octanol–water partition coefficient (Wildman–Crippen LogP) is 2.58. The number of amides is 1. The van der Waals surface area contributed by atoms with E-state index in [0.717, 1.165) is 11.8 Å². The maximum atomic E-state index is 11.7. The molecule has 3 rings (SSSR count). The van der Waals surface area contributed by atoms with Gasteiger partial charge in [-0.05, 0) is 32.9 Å². The molecule has 0 radical (unpaired) electrons. The second kappa shape index (κ2) is 10.9. The average Bonchev–Trinajstić information content (AvgIpc) is 3.24. The van der Waals surface area contributed by atoms with Gasteiger partial charge in [0.15, 0.2) is 11.9 Å². The lowest BCUT2D eigenvalue weighted by molar-refractivity contribution is -0.766. The minimum atomic E-state index is -3.57. The van der Waals surface area contributed by atoms with Gasteiger partial charge >= 0.3 is 6.09 Å². The Bertz CT molecular complexity index is 1310. The molecule has 0 aliphatic heterocycles. The second-order valence-corrected chi connectivity index (χ2v) is 10.2. The van der Waals surface area contributed by atoms with Crippen molar-refractivity contribution in [1.29, 1.82) is 0 Å². The molecule has 0 bridgehead atoms. The number of ether oxygens (including phenoxy) is 1. The number of sulfonamides is 1. The highest BCUT2D eigenvalue weighted by molar-refractivity contribution is 7.92. The van der Waals surface area contributed by atoms with Gasteiger partial charge in [-0.2, -0.15) is 5.10 Å². The number of H-pyrrole nitrogens is 1. The SMILES string of the molecule is COC(=O)N[C@@H](C)CNc1nccc(-c2c[n+](C(C)C)[nH]c2-c2ccnc(NS(C)(=O)=O)c2Cl)n1. The van der Waals surface area contributed by atoms with E-state index < -0.39 is 16.1 Å². The highest BCUT2D eigenvalue weighted by atomic mass is 35.5. The zero-order valence-corrected chi connectivity index (χ0v) is 21.5. The van der Waals surface area contributed by atoms with Crippen LogP contribution in [0.5, 0.6) is 0 Å². The molecule has 3 aromatic rings. The zero-order valence-electron chi connectivity index (χ0n) is 20.0. The number of anilines is 2. The number of carbonyl (C=O) groups is 1. The van der Waals surface area contributed by atoms with Crippen molar-refractivity contribution in [3.8, 4) is 22.5 Å². The summed E-state index contributed by atoms with van der Waals surface area (Å²) in [5.74, 6) is 0.393. The molecule has 4 N–H and O–H groups in total. The molecule has 188 valence electrons. The molecular formula is C21H28ClN8O4S+. The summed E-state index contributed by atoms with van der Waals surface area (Å²) in [7, 11) is -2.27. The number of methoxy groups -OCH3 is 1. The number of hydrogen-bond donors (Lipinski definition) is 4. The van der Waals surface area contributed by atoms with E-state index in [4.69, 9.17) is 11.6 Å². The van der Waals surface area contributed by atoms with Crippen LogP contribution in [0.3, 0.4) is 0 Å². The van der Waals surface area contributed by atoms with Crippen LogP contribution >= 0.6 is 11.6 Å². The molecule has 1 atom stereocenters.